The highest BCUT2D eigenvalue weighted by molar-refractivity contribution is 5.79. The fraction of sp³-hybridized carbons (Fsp3) is 0.667. The number of nitrogens with one attached hydrogen (secondary N) is 1. The molecule has 0 aromatic heterocycles. The van der Waals surface area contributed by atoms with Crippen molar-refractivity contribution in [2.24, 2.45) is 5.41 Å². The van der Waals surface area contributed by atoms with Gasteiger partial charge in [-0.05, 0) is 0 Å². The Morgan fingerprint density at radius 2 is 2.15 bits per heavy atom. The van der Waals surface area contributed by atoms with E-state index in [9.17, 15) is 4.79 Å². The van der Waals surface area contributed by atoms with Gasteiger partial charge in [0.15, 0.2) is 0 Å². The molecule has 0 aliphatic heterocycles. The number of aliphatic hydroxyl groups is 1. The van der Waals surface area contributed by atoms with Crippen molar-refractivity contribution in [2.45, 2.75) is 13.8 Å². The molecule has 4 heteroatoms. The van der Waals surface area contributed by atoms with Gasteiger partial charge in [0.2, 0.25) is 0 Å². The predicted octanol–water partition coefficient (Wildman–Crippen LogP) is 0.235. The average Bonchev–Trinajstić information content (AvgIpc) is 2.03. The molecule has 0 aromatic rings. The van der Waals surface area contributed by atoms with E-state index in [0.29, 0.717) is 13.1 Å². The van der Waals surface area contributed by atoms with Crippen LogP contribution in [0.15, 0.2) is 12.2 Å². The topological polar surface area (TPSA) is 69.6 Å². The van der Waals surface area contributed by atoms with Gasteiger partial charge < -0.3 is 15.5 Å². The Hall–Kier alpha value is -0.870. The number of carboxylic acid groups (broad SMARTS) is 1. The van der Waals surface area contributed by atoms with Crippen molar-refractivity contribution in [1.29, 1.82) is 0 Å². The molecule has 3 N–H and O–H groups in total. The van der Waals surface area contributed by atoms with Crippen LogP contribution in [0.4, 0.5) is 0 Å². The summed E-state index contributed by atoms with van der Waals surface area (Å²) < 4.78 is 0. The van der Waals surface area contributed by atoms with Gasteiger partial charge in [0.1, 0.15) is 0 Å². The van der Waals surface area contributed by atoms with Crippen LogP contribution < -0.4 is 5.32 Å². The summed E-state index contributed by atoms with van der Waals surface area (Å²) >= 11 is 0. The van der Waals surface area contributed by atoms with Gasteiger partial charge in [-0.15, -0.1) is 0 Å². The number of hydrogen-bond donors (Lipinski definition) is 3. The number of aliphatic hydroxyl groups excluding tert-OH is 1. The second-order valence-corrected chi connectivity index (χ2v) is 3.69. The third-order valence-electron chi connectivity index (χ3n) is 1.55. The molecule has 0 fully saturated rings. The first kappa shape index (κ1) is 12.1. The van der Waals surface area contributed by atoms with Crippen LogP contribution in [0.5, 0.6) is 0 Å². The lowest BCUT2D eigenvalue weighted by Crippen LogP contribution is -2.32. The lowest BCUT2D eigenvalue weighted by molar-refractivity contribution is -0.131. The molecule has 0 amide bonds. The minimum absolute atomic E-state index is 0.114. The SMILES string of the molecule is CC(C)(CO)CNC/C=C/C(=O)O. The zero-order valence-corrected chi connectivity index (χ0v) is 8.08. The molecule has 0 radical (unpaired) electrons. The maximum Gasteiger partial charge on any atom is 0.328 e. The summed E-state index contributed by atoms with van der Waals surface area (Å²) in [5.74, 6) is -0.941. The zero-order valence-electron chi connectivity index (χ0n) is 8.08. The van der Waals surface area contributed by atoms with Crippen LogP contribution in [0, 0.1) is 5.41 Å². The molecule has 0 unspecified atom stereocenters. The van der Waals surface area contributed by atoms with Crippen LogP contribution in [0.25, 0.3) is 0 Å². The number of aliphatic carboxylic acids is 1. The smallest absolute Gasteiger partial charge is 0.328 e. The summed E-state index contributed by atoms with van der Waals surface area (Å²) in [5, 5.41) is 20.2. The first-order valence-corrected chi connectivity index (χ1v) is 4.19. The van der Waals surface area contributed by atoms with Crippen molar-refractivity contribution in [3.63, 3.8) is 0 Å². The lowest BCUT2D eigenvalue weighted by Gasteiger charge is -2.21. The van der Waals surface area contributed by atoms with Gasteiger partial charge in [-0.3, -0.25) is 0 Å². The number of carboxylic acids is 1. The van der Waals surface area contributed by atoms with E-state index in [2.05, 4.69) is 5.32 Å². The molecular formula is C9H17NO3. The van der Waals surface area contributed by atoms with Gasteiger partial charge in [0.05, 0.1) is 0 Å². The summed E-state index contributed by atoms with van der Waals surface area (Å²) in [5.41, 5.74) is -0.156. The molecule has 0 saturated heterocycles. The molecule has 0 aromatic carbocycles. The van der Waals surface area contributed by atoms with E-state index in [-0.39, 0.29) is 12.0 Å². The van der Waals surface area contributed by atoms with Crippen molar-refractivity contribution in [2.75, 3.05) is 19.7 Å². The highest BCUT2D eigenvalue weighted by Crippen LogP contribution is 2.10. The molecule has 0 aliphatic rings. The van der Waals surface area contributed by atoms with Crippen LogP contribution in [0.3, 0.4) is 0 Å². The highest BCUT2D eigenvalue weighted by Gasteiger charge is 2.14. The second-order valence-electron chi connectivity index (χ2n) is 3.69. The quantitative estimate of drug-likeness (QED) is 0.411. The van der Waals surface area contributed by atoms with Gasteiger partial charge in [-0.1, -0.05) is 19.9 Å². The Morgan fingerprint density at radius 1 is 1.54 bits per heavy atom. The minimum Gasteiger partial charge on any atom is -0.478 e. The van der Waals surface area contributed by atoms with E-state index in [0.717, 1.165) is 6.08 Å². The van der Waals surface area contributed by atoms with Gasteiger partial charge in [-0.2, -0.15) is 0 Å². The van der Waals surface area contributed by atoms with E-state index in [1.807, 2.05) is 13.8 Å². The molecule has 0 saturated carbocycles. The monoisotopic (exact) mass is 187 g/mol. The Morgan fingerprint density at radius 3 is 2.62 bits per heavy atom. The average molecular weight is 187 g/mol. The van der Waals surface area contributed by atoms with Gasteiger partial charge in [0, 0.05) is 31.2 Å². The summed E-state index contributed by atoms with van der Waals surface area (Å²) in [4.78, 5) is 10.1. The summed E-state index contributed by atoms with van der Waals surface area (Å²) in [6.45, 7) is 5.15. The van der Waals surface area contributed by atoms with Crippen molar-refractivity contribution in [3.05, 3.63) is 12.2 Å². The van der Waals surface area contributed by atoms with Crippen molar-refractivity contribution < 1.29 is 15.0 Å². The maximum atomic E-state index is 10.1. The van der Waals surface area contributed by atoms with E-state index >= 15 is 0 Å². The molecule has 0 aliphatic carbocycles. The Balaban J connectivity index is 3.51. The summed E-state index contributed by atoms with van der Waals surface area (Å²) in [7, 11) is 0. The molecular weight excluding hydrogens is 170 g/mol. The fourth-order valence-electron chi connectivity index (χ4n) is 0.710. The van der Waals surface area contributed by atoms with Gasteiger partial charge >= 0.3 is 5.97 Å². The molecule has 0 spiro atoms. The Labute approximate surface area is 78.3 Å². The van der Waals surface area contributed by atoms with Crippen LogP contribution in [0.2, 0.25) is 0 Å². The van der Waals surface area contributed by atoms with E-state index < -0.39 is 5.97 Å². The molecule has 0 atom stereocenters. The number of rotatable bonds is 6. The number of carbonyl (C=O) groups is 1. The largest absolute Gasteiger partial charge is 0.478 e. The molecule has 0 rings (SSSR count). The first-order chi connectivity index (χ1) is 5.98. The molecule has 13 heavy (non-hydrogen) atoms. The van der Waals surface area contributed by atoms with Gasteiger partial charge in [-0.25, -0.2) is 4.79 Å². The van der Waals surface area contributed by atoms with E-state index in [4.69, 9.17) is 10.2 Å². The zero-order chi connectivity index (χ0) is 10.3. The third kappa shape index (κ3) is 7.49. The molecule has 4 nitrogen and oxygen atoms in total. The second kappa shape index (κ2) is 5.72. The van der Waals surface area contributed by atoms with E-state index in [1.54, 1.807) is 0 Å². The fourth-order valence-corrected chi connectivity index (χ4v) is 0.710. The van der Waals surface area contributed by atoms with Crippen molar-refractivity contribution >= 4 is 5.97 Å². The van der Waals surface area contributed by atoms with Crippen LogP contribution in [0.1, 0.15) is 13.8 Å². The third-order valence-corrected chi connectivity index (χ3v) is 1.55. The van der Waals surface area contributed by atoms with E-state index in [1.165, 1.54) is 6.08 Å². The normalized spacial score (nSPS) is 12.2. The first-order valence-electron chi connectivity index (χ1n) is 4.19. The van der Waals surface area contributed by atoms with Crippen LogP contribution in [-0.2, 0) is 4.79 Å². The van der Waals surface area contributed by atoms with Crippen molar-refractivity contribution in [1.82, 2.24) is 5.32 Å². The molecule has 76 valence electrons. The maximum absolute atomic E-state index is 10.1. The minimum atomic E-state index is -0.941. The Kier molecular flexibility index (Phi) is 5.34. The summed E-state index contributed by atoms with van der Waals surface area (Å²) in [6.07, 6.45) is 2.63. The molecule has 0 bridgehead atoms. The highest BCUT2D eigenvalue weighted by atomic mass is 16.4. The lowest BCUT2D eigenvalue weighted by atomic mass is 9.95. The predicted molar refractivity (Wildman–Crippen MR) is 50.5 cm³/mol. The van der Waals surface area contributed by atoms with Gasteiger partial charge in [0.25, 0.3) is 0 Å². The van der Waals surface area contributed by atoms with Crippen LogP contribution >= 0.6 is 0 Å². The molecule has 0 heterocycles. The number of hydrogen-bond acceptors (Lipinski definition) is 3. The van der Waals surface area contributed by atoms with Crippen LogP contribution in [-0.4, -0.2) is 35.9 Å². The Bertz CT molecular complexity index is 187. The summed E-state index contributed by atoms with van der Waals surface area (Å²) in [6, 6.07) is 0. The van der Waals surface area contributed by atoms with Crippen molar-refractivity contribution in [3.8, 4) is 0 Å². The standard InChI is InChI=1S/C9H17NO3/c1-9(2,7-11)6-10-5-3-4-8(12)13/h3-4,10-11H,5-7H2,1-2H3,(H,12,13)/b4-3+.